The lowest BCUT2D eigenvalue weighted by atomic mass is 10.00. The highest BCUT2D eigenvalue weighted by atomic mass is 16.5. The van der Waals surface area contributed by atoms with E-state index >= 15 is 0 Å². The Bertz CT molecular complexity index is 1310. The number of aromatic nitrogens is 3. The van der Waals surface area contributed by atoms with Crippen LogP contribution in [0.4, 0.5) is 0 Å². The fourth-order valence-corrected chi connectivity index (χ4v) is 3.38. The molecule has 30 heavy (non-hydrogen) atoms. The van der Waals surface area contributed by atoms with E-state index in [1.54, 1.807) is 20.4 Å². The van der Waals surface area contributed by atoms with Crippen molar-refractivity contribution in [2.24, 2.45) is 0 Å². The number of carbonyl (C=O) groups is 1. The van der Waals surface area contributed by atoms with Crippen molar-refractivity contribution in [3.63, 3.8) is 0 Å². The third kappa shape index (κ3) is 3.39. The van der Waals surface area contributed by atoms with E-state index in [4.69, 9.17) is 14.6 Å². The standard InChI is InChI=1S/C22H19N3O5/c1-29-16-5-3-4-13(9-16)8-15-7-6-14(10-19(15)30-2)17-12-24-25-20(17)23-11-18(21(25)26)22(27)28/h3-7,9-12,24H,8H2,1-2H3,(H,27,28). The van der Waals surface area contributed by atoms with Gasteiger partial charge >= 0.3 is 5.97 Å². The van der Waals surface area contributed by atoms with Crippen LogP contribution in [0.5, 0.6) is 11.5 Å². The van der Waals surface area contributed by atoms with Gasteiger partial charge in [0.2, 0.25) is 0 Å². The number of ether oxygens (including phenoxy) is 2. The first-order chi connectivity index (χ1) is 14.5. The van der Waals surface area contributed by atoms with Gasteiger partial charge in [-0.3, -0.25) is 9.89 Å². The summed E-state index contributed by atoms with van der Waals surface area (Å²) in [6.07, 6.45) is 3.35. The van der Waals surface area contributed by atoms with Crippen LogP contribution >= 0.6 is 0 Å². The number of nitrogens with one attached hydrogen (secondary N) is 1. The van der Waals surface area contributed by atoms with Gasteiger partial charge in [0.15, 0.2) is 5.65 Å². The number of H-pyrrole nitrogens is 1. The van der Waals surface area contributed by atoms with E-state index in [2.05, 4.69) is 10.1 Å². The van der Waals surface area contributed by atoms with Crippen LogP contribution in [-0.2, 0) is 6.42 Å². The molecule has 0 amide bonds. The summed E-state index contributed by atoms with van der Waals surface area (Å²) in [7, 11) is 3.24. The van der Waals surface area contributed by atoms with Gasteiger partial charge in [0, 0.05) is 24.4 Å². The van der Waals surface area contributed by atoms with Gasteiger partial charge in [0.25, 0.3) is 5.56 Å². The van der Waals surface area contributed by atoms with Crippen molar-refractivity contribution in [1.82, 2.24) is 14.6 Å². The first-order valence-electron chi connectivity index (χ1n) is 9.14. The highest BCUT2D eigenvalue weighted by Crippen LogP contribution is 2.30. The van der Waals surface area contributed by atoms with Crippen LogP contribution in [0.2, 0.25) is 0 Å². The fraction of sp³-hybridized carbons (Fsp3) is 0.136. The number of hydrogen-bond donors (Lipinski definition) is 2. The van der Waals surface area contributed by atoms with E-state index in [9.17, 15) is 9.59 Å². The van der Waals surface area contributed by atoms with E-state index in [1.807, 2.05) is 42.5 Å². The van der Waals surface area contributed by atoms with Crippen molar-refractivity contribution in [3.8, 4) is 22.6 Å². The van der Waals surface area contributed by atoms with Crippen molar-refractivity contribution in [2.75, 3.05) is 14.2 Å². The number of aromatic amines is 1. The number of rotatable bonds is 6. The molecule has 0 aliphatic carbocycles. The van der Waals surface area contributed by atoms with Crippen LogP contribution in [0.1, 0.15) is 21.5 Å². The van der Waals surface area contributed by atoms with Crippen LogP contribution in [-0.4, -0.2) is 39.9 Å². The van der Waals surface area contributed by atoms with E-state index in [0.717, 1.165) is 33.2 Å². The summed E-state index contributed by atoms with van der Waals surface area (Å²) in [5, 5.41) is 11.9. The smallest absolute Gasteiger partial charge is 0.343 e. The Morgan fingerprint density at radius 3 is 2.73 bits per heavy atom. The second-order valence-electron chi connectivity index (χ2n) is 6.68. The van der Waals surface area contributed by atoms with Crippen LogP contribution in [0.3, 0.4) is 0 Å². The normalized spacial score (nSPS) is 10.9. The zero-order valence-corrected chi connectivity index (χ0v) is 16.4. The molecule has 0 aliphatic rings. The number of hydrogen-bond acceptors (Lipinski definition) is 5. The van der Waals surface area contributed by atoms with Gasteiger partial charge in [-0.15, -0.1) is 0 Å². The molecule has 2 aromatic heterocycles. The first kappa shape index (κ1) is 19.3. The molecular formula is C22H19N3O5. The Morgan fingerprint density at radius 1 is 1.17 bits per heavy atom. The van der Waals surface area contributed by atoms with Gasteiger partial charge in [-0.25, -0.2) is 14.3 Å². The predicted octanol–water partition coefficient (Wildman–Crippen LogP) is 3.00. The lowest BCUT2D eigenvalue weighted by Gasteiger charge is -2.11. The Hall–Kier alpha value is -4.07. The molecule has 2 N–H and O–H groups in total. The summed E-state index contributed by atoms with van der Waals surface area (Å²) in [5.41, 5.74) is 2.81. The van der Waals surface area contributed by atoms with Crippen LogP contribution in [0, 0.1) is 0 Å². The zero-order valence-electron chi connectivity index (χ0n) is 16.4. The maximum absolute atomic E-state index is 12.3. The number of carboxylic acids is 1. The van der Waals surface area contributed by atoms with Gasteiger partial charge in [0.1, 0.15) is 17.1 Å². The molecule has 8 heteroatoms. The Labute approximate surface area is 171 Å². The van der Waals surface area contributed by atoms with E-state index in [1.165, 1.54) is 0 Å². The van der Waals surface area contributed by atoms with Crippen LogP contribution in [0.15, 0.2) is 59.7 Å². The summed E-state index contributed by atoms with van der Waals surface area (Å²) in [5.74, 6) is 0.167. The third-order valence-electron chi connectivity index (χ3n) is 4.90. The second-order valence-corrected chi connectivity index (χ2v) is 6.68. The molecule has 0 radical (unpaired) electrons. The minimum absolute atomic E-state index is 0.340. The van der Waals surface area contributed by atoms with Gasteiger partial charge in [0.05, 0.1) is 14.2 Å². The molecular weight excluding hydrogens is 386 g/mol. The molecule has 0 bridgehead atoms. The van der Waals surface area contributed by atoms with Crippen molar-refractivity contribution in [1.29, 1.82) is 0 Å². The lowest BCUT2D eigenvalue weighted by molar-refractivity contribution is 0.0694. The summed E-state index contributed by atoms with van der Waals surface area (Å²) < 4.78 is 12.0. The second kappa shape index (κ2) is 7.75. The molecule has 152 valence electrons. The molecule has 0 atom stereocenters. The van der Waals surface area contributed by atoms with Crippen molar-refractivity contribution in [2.45, 2.75) is 6.42 Å². The van der Waals surface area contributed by atoms with Crippen molar-refractivity contribution < 1.29 is 19.4 Å². The van der Waals surface area contributed by atoms with E-state index in [-0.39, 0.29) is 0 Å². The van der Waals surface area contributed by atoms with E-state index < -0.39 is 17.1 Å². The number of fused-ring (bicyclic) bond motifs is 1. The van der Waals surface area contributed by atoms with Gasteiger partial charge in [-0.05, 0) is 34.9 Å². The largest absolute Gasteiger partial charge is 0.497 e. The van der Waals surface area contributed by atoms with Crippen LogP contribution < -0.4 is 15.0 Å². The zero-order chi connectivity index (χ0) is 21.3. The van der Waals surface area contributed by atoms with Gasteiger partial charge < -0.3 is 14.6 Å². The molecule has 2 heterocycles. The number of carboxylic acid groups (broad SMARTS) is 1. The number of benzene rings is 2. The van der Waals surface area contributed by atoms with Gasteiger partial charge in [-0.1, -0.05) is 24.3 Å². The van der Waals surface area contributed by atoms with E-state index in [0.29, 0.717) is 23.4 Å². The van der Waals surface area contributed by atoms with Crippen molar-refractivity contribution in [3.05, 3.63) is 81.9 Å². The maximum Gasteiger partial charge on any atom is 0.343 e. The fourth-order valence-electron chi connectivity index (χ4n) is 3.38. The number of aromatic carboxylic acids is 1. The minimum atomic E-state index is -1.32. The number of nitrogens with zero attached hydrogens (tertiary/aromatic N) is 2. The topological polar surface area (TPSA) is 106 Å². The highest BCUT2D eigenvalue weighted by Gasteiger charge is 2.16. The SMILES string of the molecule is COc1cccc(Cc2ccc(-c3c[nH]n4c(=O)c(C(=O)O)cnc34)cc2OC)c1. The average molecular weight is 405 g/mol. The monoisotopic (exact) mass is 405 g/mol. The van der Waals surface area contributed by atoms with Crippen molar-refractivity contribution >= 4 is 11.6 Å². The maximum atomic E-state index is 12.3. The first-order valence-corrected chi connectivity index (χ1v) is 9.14. The molecule has 8 nitrogen and oxygen atoms in total. The molecule has 0 spiro atoms. The molecule has 4 rings (SSSR count). The lowest BCUT2D eigenvalue weighted by Crippen LogP contribution is -2.22. The Balaban J connectivity index is 1.73. The van der Waals surface area contributed by atoms with Crippen LogP contribution in [0.25, 0.3) is 16.8 Å². The highest BCUT2D eigenvalue weighted by molar-refractivity contribution is 5.87. The average Bonchev–Trinajstić information content (AvgIpc) is 3.19. The summed E-state index contributed by atoms with van der Waals surface area (Å²) in [4.78, 5) is 27.6. The molecule has 0 saturated carbocycles. The summed E-state index contributed by atoms with van der Waals surface area (Å²) in [6, 6.07) is 13.6. The number of methoxy groups -OCH3 is 2. The summed E-state index contributed by atoms with van der Waals surface area (Å²) >= 11 is 0. The molecule has 0 saturated heterocycles. The quantitative estimate of drug-likeness (QED) is 0.511. The molecule has 4 aromatic rings. The molecule has 0 fully saturated rings. The van der Waals surface area contributed by atoms with Gasteiger partial charge in [-0.2, -0.15) is 0 Å². The molecule has 0 unspecified atom stereocenters. The Kier molecular flexibility index (Phi) is 4.97. The summed E-state index contributed by atoms with van der Waals surface area (Å²) in [6.45, 7) is 0. The minimum Gasteiger partial charge on any atom is -0.497 e. The Morgan fingerprint density at radius 2 is 2.00 bits per heavy atom. The predicted molar refractivity (Wildman–Crippen MR) is 111 cm³/mol. The third-order valence-corrected chi connectivity index (χ3v) is 4.90. The molecule has 0 aliphatic heterocycles. The molecule has 2 aromatic carbocycles.